The van der Waals surface area contributed by atoms with Gasteiger partial charge in [0, 0.05) is 18.6 Å². The van der Waals surface area contributed by atoms with Gasteiger partial charge < -0.3 is 0 Å². The van der Waals surface area contributed by atoms with Crippen molar-refractivity contribution in [3.05, 3.63) is 41.5 Å². The van der Waals surface area contributed by atoms with E-state index in [2.05, 4.69) is 56.0 Å². The van der Waals surface area contributed by atoms with Crippen LogP contribution in [0.15, 0.2) is 30.3 Å². The molecule has 0 unspecified atom stereocenters. The zero-order valence-electron chi connectivity index (χ0n) is 11.0. The van der Waals surface area contributed by atoms with Crippen molar-refractivity contribution in [2.45, 2.75) is 39.3 Å². The third-order valence-electron chi connectivity index (χ3n) is 4.31. The highest BCUT2D eigenvalue weighted by Gasteiger charge is 2.40. The summed E-state index contributed by atoms with van der Waals surface area (Å²) in [4.78, 5) is 2.63. The lowest BCUT2D eigenvalue weighted by Gasteiger charge is -2.30. The Balaban J connectivity index is 1.92. The Morgan fingerprint density at radius 2 is 2.00 bits per heavy atom. The lowest BCUT2D eigenvalue weighted by atomic mass is 9.92. The smallest absolute Gasteiger partial charge is 0.0293 e. The molecule has 1 nitrogen and oxygen atoms in total. The Hall–Kier alpha value is -1.08. The van der Waals surface area contributed by atoms with E-state index in [0.717, 1.165) is 5.92 Å². The third-order valence-corrected chi connectivity index (χ3v) is 4.31. The SMILES string of the molecule is Cc1ccccc1C1=C[C@@H]2C[C@H]1CN2C(C)C. The second-order valence-electron chi connectivity index (χ2n) is 5.73. The van der Waals surface area contributed by atoms with Crippen molar-refractivity contribution in [3.63, 3.8) is 0 Å². The van der Waals surface area contributed by atoms with Crippen LogP contribution in [0, 0.1) is 12.8 Å². The van der Waals surface area contributed by atoms with E-state index >= 15 is 0 Å². The molecule has 0 aromatic heterocycles. The maximum Gasteiger partial charge on any atom is 0.0293 e. The van der Waals surface area contributed by atoms with Gasteiger partial charge in [-0.1, -0.05) is 30.3 Å². The van der Waals surface area contributed by atoms with Crippen molar-refractivity contribution in [3.8, 4) is 0 Å². The fourth-order valence-corrected chi connectivity index (χ4v) is 3.42. The van der Waals surface area contributed by atoms with E-state index < -0.39 is 0 Å². The molecule has 1 aromatic rings. The third kappa shape index (κ3) is 1.73. The van der Waals surface area contributed by atoms with E-state index in [0.29, 0.717) is 12.1 Å². The van der Waals surface area contributed by atoms with Crippen LogP contribution in [-0.4, -0.2) is 23.5 Å². The van der Waals surface area contributed by atoms with Crippen LogP contribution in [0.2, 0.25) is 0 Å². The minimum Gasteiger partial charge on any atom is -0.294 e. The first-order valence-corrected chi connectivity index (χ1v) is 6.70. The molecular weight excluding hydrogens is 206 g/mol. The number of benzene rings is 1. The Kier molecular flexibility index (Phi) is 2.59. The molecule has 90 valence electrons. The molecule has 1 aliphatic heterocycles. The van der Waals surface area contributed by atoms with Crippen LogP contribution >= 0.6 is 0 Å². The summed E-state index contributed by atoms with van der Waals surface area (Å²) >= 11 is 0. The number of fused-ring (bicyclic) bond motifs is 2. The Bertz CT molecular complexity index is 458. The van der Waals surface area contributed by atoms with Crippen molar-refractivity contribution >= 4 is 5.57 Å². The molecule has 0 spiro atoms. The molecule has 2 bridgehead atoms. The molecule has 0 radical (unpaired) electrons. The van der Waals surface area contributed by atoms with Crippen molar-refractivity contribution in [2.75, 3.05) is 6.54 Å². The van der Waals surface area contributed by atoms with Crippen LogP contribution in [0.5, 0.6) is 0 Å². The molecule has 1 fully saturated rings. The standard InChI is InChI=1S/C16H21N/c1-11(2)17-10-13-8-14(17)9-16(13)15-7-5-4-6-12(15)3/h4-7,9,11,13-14H,8,10H2,1-3H3/t13-,14-/m0/s1. The number of hydrogen-bond acceptors (Lipinski definition) is 1. The summed E-state index contributed by atoms with van der Waals surface area (Å²) in [5.74, 6) is 0.767. The maximum atomic E-state index is 2.63. The van der Waals surface area contributed by atoms with E-state index in [9.17, 15) is 0 Å². The summed E-state index contributed by atoms with van der Waals surface area (Å²) in [6.07, 6.45) is 3.85. The lowest BCUT2D eigenvalue weighted by Crippen LogP contribution is -2.36. The van der Waals surface area contributed by atoms with Gasteiger partial charge in [0.2, 0.25) is 0 Å². The first-order valence-electron chi connectivity index (χ1n) is 6.70. The Labute approximate surface area is 104 Å². The Morgan fingerprint density at radius 1 is 1.24 bits per heavy atom. The van der Waals surface area contributed by atoms with Crippen LogP contribution in [0.25, 0.3) is 5.57 Å². The lowest BCUT2D eigenvalue weighted by molar-refractivity contribution is 0.227. The molecule has 1 saturated heterocycles. The summed E-state index contributed by atoms with van der Waals surface area (Å²) in [6.45, 7) is 8.09. The topological polar surface area (TPSA) is 3.24 Å². The van der Waals surface area contributed by atoms with Crippen molar-refractivity contribution in [1.82, 2.24) is 4.90 Å². The second-order valence-corrected chi connectivity index (χ2v) is 5.73. The van der Waals surface area contributed by atoms with Crippen molar-refractivity contribution in [1.29, 1.82) is 0 Å². The minimum atomic E-state index is 0.680. The molecule has 1 aliphatic carbocycles. The van der Waals surface area contributed by atoms with Crippen LogP contribution in [0.1, 0.15) is 31.4 Å². The summed E-state index contributed by atoms with van der Waals surface area (Å²) in [5, 5.41) is 0. The van der Waals surface area contributed by atoms with E-state index in [-0.39, 0.29) is 0 Å². The molecule has 3 rings (SSSR count). The first kappa shape index (κ1) is 11.0. The highest BCUT2D eigenvalue weighted by Crippen LogP contribution is 2.43. The van der Waals surface area contributed by atoms with Crippen LogP contribution in [-0.2, 0) is 0 Å². The van der Waals surface area contributed by atoms with E-state index in [1.165, 1.54) is 24.1 Å². The molecule has 17 heavy (non-hydrogen) atoms. The van der Waals surface area contributed by atoms with Gasteiger partial charge in [0.15, 0.2) is 0 Å². The van der Waals surface area contributed by atoms with Gasteiger partial charge in [-0.25, -0.2) is 0 Å². The number of hydrogen-bond donors (Lipinski definition) is 0. The van der Waals surface area contributed by atoms with Crippen LogP contribution in [0.4, 0.5) is 0 Å². The molecule has 1 heteroatoms. The molecule has 0 saturated carbocycles. The average molecular weight is 227 g/mol. The molecule has 2 atom stereocenters. The van der Waals surface area contributed by atoms with Crippen LogP contribution in [0.3, 0.4) is 0 Å². The van der Waals surface area contributed by atoms with Gasteiger partial charge in [0.05, 0.1) is 0 Å². The zero-order valence-corrected chi connectivity index (χ0v) is 11.0. The molecular formula is C16H21N. The number of likely N-dealkylation sites (tertiary alicyclic amines) is 1. The van der Waals surface area contributed by atoms with Gasteiger partial charge in [-0.05, 0) is 49.8 Å². The maximum absolute atomic E-state index is 2.63. The highest BCUT2D eigenvalue weighted by atomic mass is 15.2. The summed E-state index contributed by atoms with van der Waals surface area (Å²) in [6, 6.07) is 10.2. The number of nitrogens with zero attached hydrogens (tertiary/aromatic N) is 1. The number of aryl methyl sites for hydroxylation is 1. The van der Waals surface area contributed by atoms with E-state index in [1.807, 2.05) is 0 Å². The molecule has 1 aromatic carbocycles. The van der Waals surface area contributed by atoms with Gasteiger partial charge in [-0.15, -0.1) is 0 Å². The summed E-state index contributed by atoms with van der Waals surface area (Å²) < 4.78 is 0. The number of rotatable bonds is 2. The van der Waals surface area contributed by atoms with E-state index in [4.69, 9.17) is 0 Å². The van der Waals surface area contributed by atoms with Crippen molar-refractivity contribution in [2.24, 2.45) is 5.92 Å². The largest absolute Gasteiger partial charge is 0.294 e. The fraction of sp³-hybridized carbons (Fsp3) is 0.500. The monoisotopic (exact) mass is 227 g/mol. The predicted octanol–water partition coefficient (Wildman–Crippen LogP) is 3.49. The fourth-order valence-electron chi connectivity index (χ4n) is 3.42. The van der Waals surface area contributed by atoms with Gasteiger partial charge in [0.1, 0.15) is 0 Å². The van der Waals surface area contributed by atoms with Crippen molar-refractivity contribution < 1.29 is 0 Å². The van der Waals surface area contributed by atoms with Gasteiger partial charge in [-0.2, -0.15) is 0 Å². The highest BCUT2D eigenvalue weighted by molar-refractivity contribution is 5.73. The Morgan fingerprint density at radius 3 is 2.59 bits per heavy atom. The molecule has 0 N–H and O–H groups in total. The van der Waals surface area contributed by atoms with Gasteiger partial charge in [0.25, 0.3) is 0 Å². The summed E-state index contributed by atoms with van der Waals surface area (Å²) in [7, 11) is 0. The first-order chi connectivity index (χ1) is 8.16. The summed E-state index contributed by atoms with van der Waals surface area (Å²) in [5.41, 5.74) is 4.50. The second kappa shape index (κ2) is 3.99. The molecule has 0 amide bonds. The van der Waals surface area contributed by atoms with Gasteiger partial charge in [-0.3, -0.25) is 4.90 Å². The minimum absolute atomic E-state index is 0.680. The zero-order chi connectivity index (χ0) is 12.0. The average Bonchev–Trinajstić information content (AvgIpc) is 2.88. The van der Waals surface area contributed by atoms with Gasteiger partial charge >= 0.3 is 0 Å². The van der Waals surface area contributed by atoms with E-state index in [1.54, 1.807) is 5.57 Å². The quantitative estimate of drug-likeness (QED) is 0.747. The molecule has 1 heterocycles. The predicted molar refractivity (Wildman–Crippen MR) is 72.9 cm³/mol. The van der Waals surface area contributed by atoms with Crippen LogP contribution < -0.4 is 0 Å². The molecule has 2 aliphatic rings. The normalized spacial score (nSPS) is 27.9.